The summed E-state index contributed by atoms with van der Waals surface area (Å²) in [5.41, 5.74) is 3.07. The van der Waals surface area contributed by atoms with E-state index in [1.54, 1.807) is 54.9 Å². The second kappa shape index (κ2) is 11.2. The Hall–Kier alpha value is -3.91. The first-order chi connectivity index (χ1) is 17.3. The van der Waals surface area contributed by atoms with Crippen LogP contribution < -0.4 is 10.3 Å². The number of hydrogen-bond acceptors (Lipinski definition) is 7. The molecular weight excluding hydrogens is 476 g/mol. The normalized spacial score (nSPS) is 10.9. The Morgan fingerprint density at radius 3 is 2.39 bits per heavy atom. The third-order valence-corrected chi connectivity index (χ3v) is 6.79. The van der Waals surface area contributed by atoms with Crippen LogP contribution in [0.25, 0.3) is 10.9 Å². The van der Waals surface area contributed by atoms with Crippen LogP contribution in [-0.2, 0) is 22.3 Å². The first kappa shape index (κ1) is 25.2. The van der Waals surface area contributed by atoms with Crippen LogP contribution in [0.4, 0.5) is 0 Å². The van der Waals surface area contributed by atoms with Crippen molar-refractivity contribution in [3.05, 3.63) is 99.3 Å². The number of fused-ring (bicyclic) bond motifs is 1. The van der Waals surface area contributed by atoms with Gasteiger partial charge in [0.25, 0.3) is 5.56 Å². The molecule has 0 saturated carbocycles. The van der Waals surface area contributed by atoms with Crippen LogP contribution in [0.2, 0.25) is 0 Å². The van der Waals surface area contributed by atoms with E-state index in [4.69, 9.17) is 14.5 Å². The van der Waals surface area contributed by atoms with Gasteiger partial charge in [0.2, 0.25) is 0 Å². The number of esters is 1. The molecule has 3 aromatic carbocycles. The Morgan fingerprint density at radius 2 is 1.69 bits per heavy atom. The Labute approximate surface area is 213 Å². The van der Waals surface area contributed by atoms with E-state index >= 15 is 0 Å². The molecule has 0 amide bonds. The predicted octanol–water partition coefficient (Wildman–Crippen LogP) is 4.71. The van der Waals surface area contributed by atoms with E-state index in [9.17, 15) is 14.4 Å². The van der Waals surface area contributed by atoms with Crippen molar-refractivity contribution in [3.8, 4) is 5.75 Å². The highest BCUT2D eigenvalue weighted by atomic mass is 32.2. The highest BCUT2D eigenvalue weighted by Crippen LogP contribution is 2.25. The highest BCUT2D eigenvalue weighted by molar-refractivity contribution is 7.98. The summed E-state index contributed by atoms with van der Waals surface area (Å²) in [5.74, 6) is 0.710. The van der Waals surface area contributed by atoms with Gasteiger partial charge in [-0.25, -0.2) is 4.98 Å². The van der Waals surface area contributed by atoms with Gasteiger partial charge in [-0.1, -0.05) is 42.1 Å². The van der Waals surface area contributed by atoms with Crippen molar-refractivity contribution in [2.24, 2.45) is 7.05 Å². The number of carbonyl (C=O) groups is 2. The van der Waals surface area contributed by atoms with Crippen LogP contribution in [0.3, 0.4) is 0 Å². The average Bonchev–Trinajstić information content (AvgIpc) is 2.88. The lowest BCUT2D eigenvalue weighted by molar-refractivity contribution is -0.141. The maximum atomic E-state index is 13.3. The molecule has 1 heterocycles. The number of ketones is 1. The predicted molar refractivity (Wildman–Crippen MR) is 140 cm³/mol. The molecular formula is C28H26N2O5S. The smallest absolute Gasteiger partial charge is 0.302 e. The fraction of sp³-hybridized carbons (Fsp3) is 0.214. The zero-order valence-electron chi connectivity index (χ0n) is 20.3. The molecule has 36 heavy (non-hydrogen) atoms. The molecule has 1 aromatic heterocycles. The number of thioether (sulfide) groups is 1. The second-order valence-corrected chi connectivity index (χ2v) is 9.15. The number of aromatic nitrogens is 2. The SMILES string of the molecule is CC(=O)OCCOc1ccc(C(=O)c2ccc3nc(SCc4ccccc4)n(C)c(=O)c3c2C)cc1. The van der Waals surface area contributed by atoms with Crippen LogP contribution in [0.1, 0.15) is 34.0 Å². The summed E-state index contributed by atoms with van der Waals surface area (Å²) in [6.07, 6.45) is 0. The topological polar surface area (TPSA) is 87.5 Å². The number of aryl methyl sites for hydroxylation is 1. The van der Waals surface area contributed by atoms with Gasteiger partial charge in [0.05, 0.1) is 10.9 Å². The van der Waals surface area contributed by atoms with Gasteiger partial charge in [0.1, 0.15) is 19.0 Å². The maximum Gasteiger partial charge on any atom is 0.302 e. The highest BCUT2D eigenvalue weighted by Gasteiger charge is 2.18. The van der Waals surface area contributed by atoms with Gasteiger partial charge >= 0.3 is 5.97 Å². The lowest BCUT2D eigenvalue weighted by atomic mass is 9.96. The van der Waals surface area contributed by atoms with Crippen LogP contribution in [0.5, 0.6) is 5.75 Å². The van der Waals surface area contributed by atoms with Crippen molar-refractivity contribution in [2.75, 3.05) is 13.2 Å². The molecule has 184 valence electrons. The third kappa shape index (κ3) is 5.66. The fourth-order valence-corrected chi connectivity index (χ4v) is 4.72. The molecule has 0 bridgehead atoms. The molecule has 0 spiro atoms. The van der Waals surface area contributed by atoms with Gasteiger partial charge in [0.15, 0.2) is 10.9 Å². The summed E-state index contributed by atoms with van der Waals surface area (Å²) in [6.45, 7) is 3.49. The van der Waals surface area contributed by atoms with E-state index in [1.165, 1.54) is 18.7 Å². The molecule has 7 nitrogen and oxygen atoms in total. The largest absolute Gasteiger partial charge is 0.490 e. The first-order valence-electron chi connectivity index (χ1n) is 11.4. The molecule has 0 saturated heterocycles. The quantitative estimate of drug-likeness (QED) is 0.108. The summed E-state index contributed by atoms with van der Waals surface area (Å²) < 4.78 is 11.9. The van der Waals surface area contributed by atoms with E-state index in [1.807, 2.05) is 30.3 Å². The minimum Gasteiger partial charge on any atom is -0.490 e. The number of nitrogens with zero attached hydrogens (tertiary/aromatic N) is 2. The summed E-state index contributed by atoms with van der Waals surface area (Å²) in [7, 11) is 1.70. The van der Waals surface area contributed by atoms with E-state index in [-0.39, 0.29) is 30.5 Å². The Morgan fingerprint density at radius 1 is 0.972 bits per heavy atom. The van der Waals surface area contributed by atoms with Crippen molar-refractivity contribution >= 4 is 34.4 Å². The minimum absolute atomic E-state index is 0.155. The van der Waals surface area contributed by atoms with Gasteiger partial charge in [-0.05, 0) is 54.4 Å². The Bertz CT molecular complexity index is 1460. The number of carbonyl (C=O) groups excluding carboxylic acids is 2. The number of benzene rings is 3. The van der Waals surface area contributed by atoms with E-state index in [0.29, 0.717) is 44.3 Å². The van der Waals surface area contributed by atoms with Crippen molar-refractivity contribution in [3.63, 3.8) is 0 Å². The molecule has 0 radical (unpaired) electrons. The molecule has 0 aliphatic heterocycles. The standard InChI is InChI=1S/C28H26N2O5S/c1-18-23(26(32)21-9-11-22(12-10-21)35-16-15-34-19(2)31)13-14-24-25(18)27(33)30(3)28(29-24)36-17-20-7-5-4-6-8-20/h4-14H,15-17H2,1-3H3. The van der Waals surface area contributed by atoms with Crippen molar-refractivity contribution in [2.45, 2.75) is 24.8 Å². The monoisotopic (exact) mass is 502 g/mol. The number of hydrogen-bond donors (Lipinski definition) is 0. The van der Waals surface area contributed by atoms with Crippen LogP contribution in [0, 0.1) is 6.92 Å². The zero-order chi connectivity index (χ0) is 25.7. The molecule has 0 aliphatic rings. The zero-order valence-corrected chi connectivity index (χ0v) is 21.1. The van der Waals surface area contributed by atoms with Crippen LogP contribution >= 0.6 is 11.8 Å². The maximum absolute atomic E-state index is 13.3. The summed E-state index contributed by atoms with van der Waals surface area (Å²) >= 11 is 1.50. The van der Waals surface area contributed by atoms with Crippen molar-refractivity contribution in [1.29, 1.82) is 0 Å². The van der Waals surface area contributed by atoms with E-state index in [2.05, 4.69) is 0 Å². The molecule has 0 aliphatic carbocycles. The van der Waals surface area contributed by atoms with Gasteiger partial charge in [-0.15, -0.1) is 0 Å². The van der Waals surface area contributed by atoms with Gasteiger partial charge in [0, 0.05) is 30.9 Å². The Balaban J connectivity index is 1.55. The number of ether oxygens (including phenoxy) is 2. The molecule has 0 atom stereocenters. The molecule has 4 rings (SSSR count). The first-order valence-corrected chi connectivity index (χ1v) is 12.4. The number of rotatable bonds is 9. The summed E-state index contributed by atoms with van der Waals surface area (Å²) in [5, 5.41) is 1.07. The minimum atomic E-state index is -0.363. The summed E-state index contributed by atoms with van der Waals surface area (Å²) in [4.78, 5) is 42.0. The summed E-state index contributed by atoms with van der Waals surface area (Å²) in [6, 6.07) is 20.2. The van der Waals surface area contributed by atoms with Crippen molar-refractivity contribution < 1.29 is 19.1 Å². The van der Waals surface area contributed by atoms with Gasteiger partial charge < -0.3 is 9.47 Å². The van der Waals surface area contributed by atoms with E-state index in [0.717, 1.165) is 5.56 Å². The molecule has 0 unspecified atom stereocenters. The second-order valence-electron chi connectivity index (χ2n) is 8.21. The molecule has 8 heteroatoms. The lowest BCUT2D eigenvalue weighted by Crippen LogP contribution is -2.21. The van der Waals surface area contributed by atoms with Crippen molar-refractivity contribution in [1.82, 2.24) is 9.55 Å². The van der Waals surface area contributed by atoms with Gasteiger partial charge in [-0.3, -0.25) is 19.0 Å². The van der Waals surface area contributed by atoms with Crippen LogP contribution in [-0.4, -0.2) is 34.5 Å². The fourth-order valence-electron chi connectivity index (χ4n) is 3.79. The lowest BCUT2D eigenvalue weighted by Gasteiger charge is -2.13. The third-order valence-electron chi connectivity index (χ3n) is 5.69. The van der Waals surface area contributed by atoms with Gasteiger partial charge in [-0.2, -0.15) is 0 Å². The molecule has 0 fully saturated rings. The van der Waals surface area contributed by atoms with E-state index < -0.39 is 0 Å². The Kier molecular flexibility index (Phi) is 7.85. The molecule has 0 N–H and O–H groups in total. The average molecular weight is 503 g/mol. The van der Waals surface area contributed by atoms with Crippen LogP contribution in [0.15, 0.2) is 76.7 Å². The molecule has 4 aromatic rings.